The Morgan fingerprint density at radius 1 is 1.32 bits per heavy atom. The highest BCUT2D eigenvalue weighted by molar-refractivity contribution is 6.16. The first kappa shape index (κ1) is 13.6. The van der Waals surface area contributed by atoms with Crippen molar-refractivity contribution in [3.63, 3.8) is 0 Å². The molecule has 0 aliphatic carbocycles. The predicted octanol–water partition coefficient (Wildman–Crippen LogP) is 2.84. The summed E-state index contributed by atoms with van der Waals surface area (Å²) in [6.07, 6.45) is 1.60. The molecule has 1 aromatic heterocycles. The van der Waals surface area contributed by atoms with Crippen molar-refractivity contribution in [2.75, 3.05) is 0 Å². The van der Waals surface area contributed by atoms with Gasteiger partial charge in [-0.3, -0.25) is 4.79 Å². The van der Waals surface area contributed by atoms with Gasteiger partial charge in [0.25, 0.3) is 0 Å². The van der Waals surface area contributed by atoms with Crippen molar-refractivity contribution >= 4 is 11.6 Å². The van der Waals surface area contributed by atoms with Crippen LogP contribution in [0.1, 0.15) is 11.3 Å². The van der Waals surface area contributed by atoms with Gasteiger partial charge in [-0.05, 0) is 17.7 Å². The highest BCUT2D eigenvalue weighted by Gasteiger charge is 2.05. The first-order valence-electron chi connectivity index (χ1n) is 5.73. The summed E-state index contributed by atoms with van der Waals surface area (Å²) in [5.41, 5.74) is 1.31. The second kappa shape index (κ2) is 5.89. The molecule has 0 amide bonds. The fourth-order valence-corrected chi connectivity index (χ4v) is 1.90. The van der Waals surface area contributed by atoms with Crippen LogP contribution in [0.25, 0.3) is 0 Å². The molecule has 0 aliphatic rings. The van der Waals surface area contributed by atoms with Crippen LogP contribution >= 0.6 is 11.6 Å². The van der Waals surface area contributed by atoms with E-state index in [0.717, 1.165) is 11.3 Å². The van der Waals surface area contributed by atoms with E-state index in [9.17, 15) is 9.18 Å². The Morgan fingerprint density at radius 2 is 2.00 bits per heavy atom. The average Bonchev–Trinajstić information content (AvgIpc) is 2.41. The van der Waals surface area contributed by atoms with Gasteiger partial charge in [0.2, 0.25) is 5.43 Å². The molecule has 0 atom stereocenters. The number of aryl methyl sites for hydroxylation is 1. The third-order valence-electron chi connectivity index (χ3n) is 2.75. The number of benzene rings is 1. The van der Waals surface area contributed by atoms with E-state index < -0.39 is 0 Å². The van der Waals surface area contributed by atoms with Gasteiger partial charge in [-0.15, -0.1) is 11.6 Å². The normalized spacial score (nSPS) is 10.5. The Kier molecular flexibility index (Phi) is 4.22. The highest BCUT2D eigenvalue weighted by Crippen LogP contribution is 2.10. The molecule has 2 aromatic rings. The van der Waals surface area contributed by atoms with Crippen LogP contribution in [0.5, 0.6) is 5.75 Å². The van der Waals surface area contributed by atoms with Crippen LogP contribution in [0, 0.1) is 5.82 Å². The summed E-state index contributed by atoms with van der Waals surface area (Å²) in [4.78, 5) is 11.8. The minimum Gasteiger partial charge on any atom is -0.483 e. The molecular weight excluding hydrogens is 269 g/mol. The van der Waals surface area contributed by atoms with Crippen molar-refractivity contribution in [3.8, 4) is 5.75 Å². The van der Waals surface area contributed by atoms with E-state index in [0.29, 0.717) is 0 Å². The van der Waals surface area contributed by atoms with Crippen LogP contribution in [-0.4, -0.2) is 4.57 Å². The number of rotatable bonds is 4. The molecule has 0 unspecified atom stereocenters. The quantitative estimate of drug-likeness (QED) is 0.807. The molecule has 0 radical (unpaired) electrons. The third kappa shape index (κ3) is 3.35. The van der Waals surface area contributed by atoms with Crippen molar-refractivity contribution in [1.82, 2.24) is 4.57 Å². The molecule has 0 fully saturated rings. The van der Waals surface area contributed by atoms with Crippen molar-refractivity contribution in [2.45, 2.75) is 12.5 Å². The second-order valence-electron chi connectivity index (χ2n) is 4.15. The number of hydrogen-bond acceptors (Lipinski definition) is 2. The molecule has 1 heterocycles. The molecule has 0 saturated carbocycles. The summed E-state index contributed by atoms with van der Waals surface area (Å²) >= 11 is 5.71. The number of halogens is 2. The summed E-state index contributed by atoms with van der Waals surface area (Å²) in [5.74, 6) is 0.219. The summed E-state index contributed by atoms with van der Waals surface area (Å²) in [6.45, 7) is 0.218. The molecule has 3 nitrogen and oxygen atoms in total. The summed E-state index contributed by atoms with van der Waals surface area (Å²) in [6, 6.07) is 7.40. The van der Waals surface area contributed by atoms with E-state index >= 15 is 0 Å². The predicted molar refractivity (Wildman–Crippen MR) is 72.0 cm³/mol. The number of aromatic nitrogens is 1. The van der Waals surface area contributed by atoms with Crippen LogP contribution in [0.3, 0.4) is 0 Å². The third-order valence-corrected chi connectivity index (χ3v) is 3.02. The summed E-state index contributed by atoms with van der Waals surface area (Å²) in [7, 11) is 1.79. The Bertz CT molecular complexity index is 622. The molecule has 5 heteroatoms. The first-order valence-corrected chi connectivity index (χ1v) is 6.26. The highest BCUT2D eigenvalue weighted by atomic mass is 35.5. The minimum atomic E-state index is -0.300. The minimum absolute atomic E-state index is 0.212. The molecule has 100 valence electrons. The monoisotopic (exact) mass is 281 g/mol. The van der Waals surface area contributed by atoms with Crippen LogP contribution in [0.4, 0.5) is 4.39 Å². The lowest BCUT2D eigenvalue weighted by Gasteiger charge is -2.10. The lowest BCUT2D eigenvalue weighted by atomic mass is 10.2. The van der Waals surface area contributed by atoms with Gasteiger partial charge in [0.1, 0.15) is 12.4 Å². The molecule has 2 rings (SSSR count). The van der Waals surface area contributed by atoms with Gasteiger partial charge in [0, 0.05) is 18.8 Å². The van der Waals surface area contributed by atoms with Crippen molar-refractivity contribution in [2.24, 2.45) is 7.05 Å². The van der Waals surface area contributed by atoms with Crippen LogP contribution in [0.2, 0.25) is 0 Å². The molecule has 1 aromatic carbocycles. The number of nitrogens with zero attached hydrogens (tertiary/aromatic N) is 1. The first-order chi connectivity index (χ1) is 9.10. The summed E-state index contributed by atoms with van der Waals surface area (Å²) in [5, 5.41) is 0. The van der Waals surface area contributed by atoms with Gasteiger partial charge >= 0.3 is 0 Å². The number of alkyl halides is 1. The van der Waals surface area contributed by atoms with Gasteiger partial charge in [-0.2, -0.15) is 0 Å². The number of pyridine rings is 1. The second-order valence-corrected chi connectivity index (χ2v) is 4.42. The maximum Gasteiger partial charge on any atom is 0.223 e. The smallest absolute Gasteiger partial charge is 0.223 e. The molecular formula is C14H13ClFNO2. The van der Waals surface area contributed by atoms with E-state index in [1.54, 1.807) is 29.9 Å². The van der Waals surface area contributed by atoms with Crippen LogP contribution in [-0.2, 0) is 19.5 Å². The maximum atomic E-state index is 12.7. The molecule has 19 heavy (non-hydrogen) atoms. The molecule has 0 bridgehead atoms. The zero-order valence-electron chi connectivity index (χ0n) is 10.4. The van der Waals surface area contributed by atoms with Gasteiger partial charge in [-0.25, -0.2) is 4.39 Å². The maximum absolute atomic E-state index is 12.7. The van der Waals surface area contributed by atoms with Crippen LogP contribution < -0.4 is 10.2 Å². The molecule has 0 saturated heterocycles. The van der Waals surface area contributed by atoms with Crippen molar-refractivity contribution in [3.05, 3.63) is 63.8 Å². The number of hydrogen-bond donors (Lipinski definition) is 0. The SMILES string of the molecule is Cn1cc(OCc2ccc(F)cc2)c(=O)cc1CCl. The lowest BCUT2D eigenvalue weighted by molar-refractivity contribution is 0.300. The Morgan fingerprint density at radius 3 is 2.63 bits per heavy atom. The fraction of sp³-hybridized carbons (Fsp3) is 0.214. The molecule has 0 spiro atoms. The van der Waals surface area contributed by atoms with Gasteiger partial charge in [-0.1, -0.05) is 12.1 Å². The largest absolute Gasteiger partial charge is 0.483 e. The van der Waals surface area contributed by atoms with Gasteiger partial charge < -0.3 is 9.30 Å². The standard InChI is InChI=1S/C14H13ClFNO2/c1-17-8-14(13(18)6-12(17)7-15)19-9-10-2-4-11(16)5-3-10/h2-6,8H,7,9H2,1H3. The van der Waals surface area contributed by atoms with Crippen molar-refractivity contribution < 1.29 is 9.13 Å². The van der Waals surface area contributed by atoms with E-state index in [-0.39, 0.29) is 29.5 Å². The Hall–Kier alpha value is -1.81. The van der Waals surface area contributed by atoms with E-state index in [2.05, 4.69) is 0 Å². The lowest BCUT2D eigenvalue weighted by Crippen LogP contribution is -2.12. The molecule has 0 N–H and O–H groups in total. The van der Waals surface area contributed by atoms with Crippen molar-refractivity contribution in [1.29, 1.82) is 0 Å². The van der Waals surface area contributed by atoms with E-state index in [1.807, 2.05) is 0 Å². The van der Waals surface area contributed by atoms with Gasteiger partial charge in [0.05, 0.1) is 12.1 Å². The average molecular weight is 282 g/mol. The zero-order chi connectivity index (χ0) is 13.8. The van der Waals surface area contributed by atoms with E-state index in [4.69, 9.17) is 16.3 Å². The Labute approximate surface area is 115 Å². The Balaban J connectivity index is 2.13. The zero-order valence-corrected chi connectivity index (χ0v) is 11.2. The number of ether oxygens (including phenoxy) is 1. The van der Waals surface area contributed by atoms with Gasteiger partial charge in [0.15, 0.2) is 5.75 Å². The fourth-order valence-electron chi connectivity index (χ4n) is 1.63. The van der Waals surface area contributed by atoms with E-state index in [1.165, 1.54) is 18.2 Å². The van der Waals surface area contributed by atoms with Crippen LogP contribution in [0.15, 0.2) is 41.3 Å². The molecule has 0 aliphatic heterocycles. The topological polar surface area (TPSA) is 31.2 Å². The summed E-state index contributed by atoms with van der Waals surface area (Å²) < 4.78 is 19.9.